The van der Waals surface area contributed by atoms with Gasteiger partial charge in [-0.3, -0.25) is 4.90 Å². The van der Waals surface area contributed by atoms with E-state index >= 15 is 0 Å². The molecule has 7 nitrogen and oxygen atoms in total. The molecule has 0 bridgehead atoms. The topological polar surface area (TPSA) is 81.9 Å². The summed E-state index contributed by atoms with van der Waals surface area (Å²) in [6, 6.07) is 5.50. The molecule has 148 valence electrons. The SMILES string of the molecule is CCOC(=O)C1(C(=O)OCC)C(C(F)(F)F)N1C(=O)OCc1ccccc1. The zero-order valence-corrected chi connectivity index (χ0v) is 14.6. The van der Waals surface area contributed by atoms with Crippen molar-refractivity contribution in [3.8, 4) is 0 Å². The normalized spacial score (nSPS) is 17.8. The van der Waals surface area contributed by atoms with Gasteiger partial charge in [0.05, 0.1) is 13.2 Å². The molecule has 1 atom stereocenters. The lowest BCUT2D eigenvalue weighted by molar-refractivity contribution is -0.167. The van der Waals surface area contributed by atoms with E-state index in [1.807, 2.05) is 0 Å². The van der Waals surface area contributed by atoms with Crippen LogP contribution >= 0.6 is 0 Å². The minimum absolute atomic E-state index is 0.0198. The van der Waals surface area contributed by atoms with Gasteiger partial charge in [0.25, 0.3) is 5.54 Å². The highest BCUT2D eigenvalue weighted by atomic mass is 19.4. The lowest BCUT2D eigenvalue weighted by atomic mass is 10.1. The molecule has 1 aromatic rings. The molecular formula is C17H18F3NO6. The predicted octanol–water partition coefficient (Wildman–Crippen LogP) is 2.43. The van der Waals surface area contributed by atoms with Gasteiger partial charge in [0.1, 0.15) is 6.61 Å². The monoisotopic (exact) mass is 389 g/mol. The second-order valence-electron chi connectivity index (χ2n) is 5.56. The van der Waals surface area contributed by atoms with Crippen molar-refractivity contribution in [2.75, 3.05) is 13.2 Å². The molecule has 0 radical (unpaired) electrons. The van der Waals surface area contributed by atoms with E-state index in [0.29, 0.717) is 5.56 Å². The number of rotatable bonds is 6. The van der Waals surface area contributed by atoms with Crippen LogP contribution in [0.15, 0.2) is 30.3 Å². The number of ether oxygens (including phenoxy) is 3. The van der Waals surface area contributed by atoms with Gasteiger partial charge < -0.3 is 14.2 Å². The summed E-state index contributed by atoms with van der Waals surface area (Å²) >= 11 is 0. The van der Waals surface area contributed by atoms with E-state index in [1.54, 1.807) is 30.3 Å². The van der Waals surface area contributed by atoms with Gasteiger partial charge in [-0.1, -0.05) is 30.3 Å². The summed E-state index contributed by atoms with van der Waals surface area (Å²) in [6.45, 7) is 1.83. The van der Waals surface area contributed by atoms with Crippen molar-refractivity contribution >= 4 is 18.0 Å². The number of halogens is 3. The molecule has 1 saturated heterocycles. The Labute approximate surface area is 153 Å². The largest absolute Gasteiger partial charge is 0.464 e. The van der Waals surface area contributed by atoms with Gasteiger partial charge in [0.2, 0.25) is 0 Å². The van der Waals surface area contributed by atoms with E-state index < -0.39 is 35.8 Å². The molecule has 27 heavy (non-hydrogen) atoms. The maximum Gasteiger partial charge on any atom is 0.412 e. The van der Waals surface area contributed by atoms with Crippen LogP contribution in [-0.2, 0) is 30.4 Å². The summed E-state index contributed by atoms with van der Waals surface area (Å²) in [4.78, 5) is 36.7. The van der Waals surface area contributed by atoms with Gasteiger partial charge in [0, 0.05) is 0 Å². The smallest absolute Gasteiger partial charge is 0.412 e. The summed E-state index contributed by atoms with van der Waals surface area (Å²) in [6.07, 6.45) is -6.53. The van der Waals surface area contributed by atoms with Crippen LogP contribution in [0.25, 0.3) is 0 Å². The molecule has 2 rings (SSSR count). The second kappa shape index (κ2) is 7.85. The van der Waals surface area contributed by atoms with Crippen molar-refractivity contribution < 1.29 is 41.8 Å². The molecule has 0 N–H and O–H groups in total. The predicted molar refractivity (Wildman–Crippen MR) is 84.3 cm³/mol. The number of hydrogen-bond acceptors (Lipinski definition) is 6. The van der Waals surface area contributed by atoms with E-state index in [9.17, 15) is 27.6 Å². The van der Waals surface area contributed by atoms with Crippen LogP contribution in [-0.4, -0.2) is 53.9 Å². The van der Waals surface area contributed by atoms with E-state index in [2.05, 4.69) is 9.47 Å². The van der Waals surface area contributed by atoms with Crippen LogP contribution in [0.3, 0.4) is 0 Å². The molecule has 1 aromatic carbocycles. The van der Waals surface area contributed by atoms with Crippen molar-refractivity contribution in [3.05, 3.63) is 35.9 Å². The Balaban J connectivity index is 2.30. The zero-order valence-electron chi connectivity index (χ0n) is 14.6. The Kier molecular flexibility index (Phi) is 5.97. The van der Waals surface area contributed by atoms with E-state index in [4.69, 9.17) is 4.74 Å². The van der Waals surface area contributed by atoms with Gasteiger partial charge in [0.15, 0.2) is 6.04 Å². The van der Waals surface area contributed by atoms with Gasteiger partial charge in [-0.15, -0.1) is 0 Å². The number of esters is 2. The van der Waals surface area contributed by atoms with Crippen molar-refractivity contribution in [3.63, 3.8) is 0 Å². The van der Waals surface area contributed by atoms with E-state index in [-0.39, 0.29) is 24.7 Å². The first-order chi connectivity index (χ1) is 12.7. The number of amides is 1. The maximum absolute atomic E-state index is 13.4. The van der Waals surface area contributed by atoms with Crippen molar-refractivity contribution in [1.82, 2.24) is 4.90 Å². The first-order valence-corrected chi connectivity index (χ1v) is 8.12. The average molecular weight is 389 g/mol. The third-order valence-corrected chi connectivity index (χ3v) is 3.85. The van der Waals surface area contributed by atoms with Crippen LogP contribution in [0.2, 0.25) is 0 Å². The van der Waals surface area contributed by atoms with Crippen molar-refractivity contribution in [1.29, 1.82) is 0 Å². The Hall–Kier alpha value is -2.78. The van der Waals surface area contributed by atoms with Crippen LogP contribution in [0, 0.1) is 0 Å². The van der Waals surface area contributed by atoms with Crippen LogP contribution in [0.1, 0.15) is 19.4 Å². The Morgan fingerprint density at radius 1 is 1.00 bits per heavy atom. The minimum atomic E-state index is -5.06. The van der Waals surface area contributed by atoms with Crippen molar-refractivity contribution in [2.45, 2.75) is 38.2 Å². The van der Waals surface area contributed by atoms with E-state index in [1.165, 1.54) is 13.8 Å². The quantitative estimate of drug-likeness (QED) is 0.322. The molecule has 0 saturated carbocycles. The second-order valence-corrected chi connectivity index (χ2v) is 5.56. The maximum atomic E-state index is 13.4. The molecule has 1 unspecified atom stereocenters. The number of nitrogens with zero attached hydrogens (tertiary/aromatic N) is 1. The number of benzene rings is 1. The third kappa shape index (κ3) is 3.83. The first-order valence-electron chi connectivity index (χ1n) is 8.12. The Morgan fingerprint density at radius 3 is 1.96 bits per heavy atom. The molecule has 1 heterocycles. The molecule has 1 aliphatic heterocycles. The fourth-order valence-electron chi connectivity index (χ4n) is 2.70. The van der Waals surface area contributed by atoms with Gasteiger partial charge in [-0.25, -0.2) is 14.4 Å². The molecule has 0 spiro atoms. The highest BCUT2D eigenvalue weighted by Gasteiger charge is 2.86. The summed E-state index contributed by atoms with van der Waals surface area (Å²) < 4.78 is 54.4. The number of carbonyl (C=O) groups is 3. The third-order valence-electron chi connectivity index (χ3n) is 3.85. The van der Waals surface area contributed by atoms with Crippen LogP contribution in [0.5, 0.6) is 0 Å². The van der Waals surface area contributed by atoms with Crippen LogP contribution < -0.4 is 0 Å². The molecule has 0 aliphatic carbocycles. The number of carbonyl (C=O) groups excluding carboxylic acids is 3. The number of alkyl halides is 3. The fourth-order valence-corrected chi connectivity index (χ4v) is 2.70. The Bertz CT molecular complexity index is 688. The minimum Gasteiger partial charge on any atom is -0.464 e. The first kappa shape index (κ1) is 20.5. The lowest BCUT2D eigenvalue weighted by Gasteiger charge is -2.14. The molecule has 1 amide bonds. The highest BCUT2D eigenvalue weighted by Crippen LogP contribution is 2.52. The standard InChI is InChI=1S/C17H18F3NO6/c1-3-25-13(22)16(14(23)26-4-2)12(17(18,19)20)21(16)15(24)27-10-11-8-6-5-7-9-11/h5-9,12H,3-4,10H2,1-2H3. The molecule has 0 aromatic heterocycles. The molecule has 1 aliphatic rings. The van der Waals surface area contributed by atoms with Gasteiger partial charge in [-0.2, -0.15) is 13.2 Å². The lowest BCUT2D eigenvalue weighted by Crippen LogP contribution is -2.45. The zero-order chi connectivity index (χ0) is 20.2. The Morgan fingerprint density at radius 2 is 1.52 bits per heavy atom. The summed E-state index contributed by atoms with van der Waals surface area (Å²) in [5.41, 5.74) is -2.41. The van der Waals surface area contributed by atoms with Gasteiger partial charge in [-0.05, 0) is 19.4 Å². The molecular weight excluding hydrogens is 371 g/mol. The van der Waals surface area contributed by atoms with Crippen LogP contribution in [0.4, 0.5) is 18.0 Å². The average Bonchev–Trinajstić information content (AvgIpc) is 3.33. The molecule has 1 fully saturated rings. The highest BCUT2D eigenvalue weighted by molar-refractivity contribution is 6.13. The van der Waals surface area contributed by atoms with E-state index in [0.717, 1.165) is 0 Å². The molecule has 10 heteroatoms. The fraction of sp³-hybridized carbons (Fsp3) is 0.471. The van der Waals surface area contributed by atoms with Crippen molar-refractivity contribution in [2.24, 2.45) is 0 Å². The summed E-state index contributed by atoms with van der Waals surface area (Å²) in [5.74, 6) is -3.02. The number of hydrogen-bond donors (Lipinski definition) is 0. The summed E-state index contributed by atoms with van der Waals surface area (Å²) in [5, 5.41) is 0. The van der Waals surface area contributed by atoms with Gasteiger partial charge >= 0.3 is 24.2 Å². The summed E-state index contributed by atoms with van der Waals surface area (Å²) in [7, 11) is 0.